The van der Waals surface area contributed by atoms with E-state index >= 15 is 0 Å². The molecule has 4 nitrogen and oxygen atoms in total. The molecule has 0 atom stereocenters. The van der Waals surface area contributed by atoms with E-state index in [0.29, 0.717) is 13.2 Å². The zero-order valence-electron chi connectivity index (χ0n) is 9.49. The molecule has 0 amide bonds. The van der Waals surface area contributed by atoms with Crippen molar-refractivity contribution in [1.29, 1.82) is 0 Å². The third-order valence-corrected chi connectivity index (χ3v) is 2.43. The monoisotopic (exact) mass is 219 g/mol. The number of hydrogen-bond acceptors (Lipinski definition) is 3. The smallest absolute Gasteiger partial charge is 0.121 e. The molecule has 0 bridgehead atoms. The number of nitrogens with one attached hydrogen (secondary N) is 1. The molecule has 1 aromatic carbocycles. The Bertz CT molecular complexity index is 464. The van der Waals surface area contributed by atoms with E-state index < -0.39 is 0 Å². The fourth-order valence-electron chi connectivity index (χ4n) is 1.69. The summed E-state index contributed by atoms with van der Waals surface area (Å²) in [6.07, 6.45) is 1.85. The van der Waals surface area contributed by atoms with E-state index in [9.17, 15) is 0 Å². The molecule has 0 spiro atoms. The minimum absolute atomic E-state index is 0.680. The van der Waals surface area contributed by atoms with Crippen molar-refractivity contribution < 1.29 is 4.74 Å². The number of ether oxygens (including phenoxy) is 1. The number of hydrogen-bond donors (Lipinski definition) is 2. The van der Waals surface area contributed by atoms with Crippen molar-refractivity contribution in [1.82, 2.24) is 9.97 Å². The third-order valence-electron chi connectivity index (χ3n) is 2.43. The maximum absolute atomic E-state index is 5.47. The number of benzene rings is 1. The molecule has 2 rings (SSSR count). The summed E-state index contributed by atoms with van der Waals surface area (Å²) in [5.74, 6) is 1.87. The SMILES string of the molecule is CCOc1ccc2nc(CCCN)[nH]c2c1. The molecule has 1 heterocycles. The lowest BCUT2D eigenvalue weighted by Crippen LogP contribution is -2.01. The van der Waals surface area contributed by atoms with E-state index in [1.165, 1.54) is 0 Å². The van der Waals surface area contributed by atoms with Gasteiger partial charge in [0.1, 0.15) is 11.6 Å². The Labute approximate surface area is 94.8 Å². The minimum Gasteiger partial charge on any atom is -0.494 e. The second-order valence-corrected chi connectivity index (χ2v) is 3.69. The molecule has 16 heavy (non-hydrogen) atoms. The lowest BCUT2D eigenvalue weighted by atomic mass is 10.3. The number of fused-ring (bicyclic) bond motifs is 1. The highest BCUT2D eigenvalue weighted by Crippen LogP contribution is 2.19. The Balaban J connectivity index is 2.23. The van der Waals surface area contributed by atoms with Crippen LogP contribution in [0.2, 0.25) is 0 Å². The molecule has 0 radical (unpaired) electrons. The van der Waals surface area contributed by atoms with Gasteiger partial charge in [-0.05, 0) is 32.0 Å². The fraction of sp³-hybridized carbons (Fsp3) is 0.417. The van der Waals surface area contributed by atoms with Crippen molar-refractivity contribution in [3.05, 3.63) is 24.0 Å². The van der Waals surface area contributed by atoms with Gasteiger partial charge in [0.05, 0.1) is 17.6 Å². The average molecular weight is 219 g/mol. The standard InChI is InChI=1S/C12H17N3O/c1-2-16-9-5-6-10-11(8-9)15-12(14-10)4-3-7-13/h5-6,8H,2-4,7,13H2,1H3,(H,14,15). The molecule has 0 saturated heterocycles. The van der Waals surface area contributed by atoms with Crippen LogP contribution in [-0.2, 0) is 6.42 Å². The lowest BCUT2D eigenvalue weighted by molar-refractivity contribution is 0.340. The minimum atomic E-state index is 0.680. The van der Waals surface area contributed by atoms with Crippen LogP contribution >= 0.6 is 0 Å². The summed E-state index contributed by atoms with van der Waals surface area (Å²) in [4.78, 5) is 7.77. The topological polar surface area (TPSA) is 63.9 Å². The van der Waals surface area contributed by atoms with E-state index in [2.05, 4.69) is 9.97 Å². The summed E-state index contributed by atoms with van der Waals surface area (Å²) in [5.41, 5.74) is 7.48. The first-order valence-electron chi connectivity index (χ1n) is 5.65. The summed E-state index contributed by atoms with van der Waals surface area (Å²) in [6.45, 7) is 3.35. The highest BCUT2D eigenvalue weighted by Gasteiger charge is 2.03. The number of rotatable bonds is 5. The van der Waals surface area contributed by atoms with Gasteiger partial charge >= 0.3 is 0 Å². The van der Waals surface area contributed by atoms with Crippen molar-refractivity contribution in [2.24, 2.45) is 5.73 Å². The molecular formula is C12H17N3O. The van der Waals surface area contributed by atoms with Gasteiger partial charge in [0.15, 0.2) is 0 Å². The fourth-order valence-corrected chi connectivity index (χ4v) is 1.69. The second kappa shape index (κ2) is 4.99. The molecule has 0 aliphatic carbocycles. The number of aromatic amines is 1. The zero-order chi connectivity index (χ0) is 11.4. The van der Waals surface area contributed by atoms with Crippen LogP contribution in [0.3, 0.4) is 0 Å². The van der Waals surface area contributed by atoms with Crippen molar-refractivity contribution in [2.75, 3.05) is 13.2 Å². The van der Waals surface area contributed by atoms with Gasteiger partial charge in [0.2, 0.25) is 0 Å². The van der Waals surface area contributed by atoms with Gasteiger partial charge in [-0.3, -0.25) is 0 Å². The first-order chi connectivity index (χ1) is 7.83. The average Bonchev–Trinajstić information content (AvgIpc) is 2.68. The Morgan fingerprint density at radius 2 is 2.31 bits per heavy atom. The predicted molar refractivity (Wildman–Crippen MR) is 64.6 cm³/mol. The van der Waals surface area contributed by atoms with Gasteiger partial charge in [0, 0.05) is 12.5 Å². The molecule has 4 heteroatoms. The molecule has 0 unspecified atom stereocenters. The zero-order valence-corrected chi connectivity index (χ0v) is 9.49. The molecule has 86 valence electrons. The number of aryl methyl sites for hydroxylation is 1. The molecule has 0 aliphatic heterocycles. The summed E-state index contributed by atoms with van der Waals surface area (Å²) in [5, 5.41) is 0. The van der Waals surface area contributed by atoms with Gasteiger partial charge in [-0.2, -0.15) is 0 Å². The number of H-pyrrole nitrogens is 1. The van der Waals surface area contributed by atoms with Gasteiger partial charge in [-0.25, -0.2) is 4.98 Å². The van der Waals surface area contributed by atoms with Crippen LogP contribution in [0.15, 0.2) is 18.2 Å². The second-order valence-electron chi connectivity index (χ2n) is 3.69. The highest BCUT2D eigenvalue weighted by atomic mass is 16.5. The number of imidazole rings is 1. The molecule has 2 aromatic rings. The molecular weight excluding hydrogens is 202 g/mol. The Morgan fingerprint density at radius 3 is 3.06 bits per heavy atom. The first-order valence-corrected chi connectivity index (χ1v) is 5.65. The number of aromatic nitrogens is 2. The van der Waals surface area contributed by atoms with Crippen LogP contribution in [0.25, 0.3) is 11.0 Å². The van der Waals surface area contributed by atoms with E-state index in [1.807, 2.05) is 25.1 Å². The van der Waals surface area contributed by atoms with E-state index in [0.717, 1.165) is 35.4 Å². The highest BCUT2D eigenvalue weighted by molar-refractivity contribution is 5.76. The normalized spacial score (nSPS) is 10.9. The van der Waals surface area contributed by atoms with Crippen LogP contribution < -0.4 is 10.5 Å². The van der Waals surface area contributed by atoms with Crippen LogP contribution in [0.4, 0.5) is 0 Å². The molecule has 0 aliphatic rings. The van der Waals surface area contributed by atoms with Gasteiger partial charge in [0.25, 0.3) is 0 Å². The summed E-state index contributed by atoms with van der Waals surface area (Å²) in [7, 11) is 0. The van der Waals surface area contributed by atoms with Crippen LogP contribution in [0.1, 0.15) is 19.2 Å². The van der Waals surface area contributed by atoms with Gasteiger partial charge in [-0.15, -0.1) is 0 Å². The summed E-state index contributed by atoms with van der Waals surface area (Å²) in [6, 6.07) is 5.90. The number of nitrogens with two attached hydrogens (primary N) is 1. The molecule has 3 N–H and O–H groups in total. The third kappa shape index (κ3) is 2.33. The Kier molecular flexibility index (Phi) is 3.41. The maximum atomic E-state index is 5.47. The van der Waals surface area contributed by atoms with Crippen LogP contribution in [0.5, 0.6) is 5.75 Å². The van der Waals surface area contributed by atoms with Crippen LogP contribution in [0, 0.1) is 0 Å². The summed E-state index contributed by atoms with van der Waals surface area (Å²) < 4.78 is 5.44. The maximum Gasteiger partial charge on any atom is 0.121 e. The van der Waals surface area contributed by atoms with Gasteiger partial charge < -0.3 is 15.5 Å². The van der Waals surface area contributed by atoms with E-state index in [4.69, 9.17) is 10.5 Å². The van der Waals surface area contributed by atoms with Gasteiger partial charge in [-0.1, -0.05) is 0 Å². The van der Waals surface area contributed by atoms with Crippen molar-refractivity contribution in [2.45, 2.75) is 19.8 Å². The predicted octanol–water partition coefficient (Wildman–Crippen LogP) is 1.85. The van der Waals surface area contributed by atoms with E-state index in [1.54, 1.807) is 0 Å². The molecule has 1 aromatic heterocycles. The number of nitrogens with zero attached hydrogens (tertiary/aromatic N) is 1. The molecule has 0 fully saturated rings. The Hall–Kier alpha value is -1.55. The quantitative estimate of drug-likeness (QED) is 0.806. The molecule has 0 saturated carbocycles. The van der Waals surface area contributed by atoms with Crippen molar-refractivity contribution in [3.8, 4) is 5.75 Å². The largest absolute Gasteiger partial charge is 0.494 e. The summed E-state index contributed by atoms with van der Waals surface area (Å²) >= 11 is 0. The van der Waals surface area contributed by atoms with Crippen LogP contribution in [-0.4, -0.2) is 23.1 Å². The van der Waals surface area contributed by atoms with Crippen molar-refractivity contribution in [3.63, 3.8) is 0 Å². The van der Waals surface area contributed by atoms with E-state index in [-0.39, 0.29) is 0 Å². The van der Waals surface area contributed by atoms with Crippen molar-refractivity contribution >= 4 is 11.0 Å². The Morgan fingerprint density at radius 1 is 1.44 bits per heavy atom. The lowest BCUT2D eigenvalue weighted by Gasteiger charge is -2.00. The first kappa shape index (κ1) is 11.0.